The number of rotatable bonds is 7. The maximum atomic E-state index is 12.5. The Balaban J connectivity index is 1.72. The molecule has 0 saturated heterocycles. The van der Waals surface area contributed by atoms with Crippen molar-refractivity contribution in [3.05, 3.63) is 30.0 Å². The quantitative estimate of drug-likeness (QED) is 0.594. The molecule has 2 aromatic rings. The minimum absolute atomic E-state index is 0.0700. The zero-order valence-electron chi connectivity index (χ0n) is 15.7. The van der Waals surface area contributed by atoms with Crippen molar-refractivity contribution in [2.45, 2.75) is 63.6 Å². The number of nitrogens with zero attached hydrogens (tertiary/aromatic N) is 2. The van der Waals surface area contributed by atoms with E-state index in [1.165, 1.54) is 0 Å². The fourth-order valence-electron chi connectivity index (χ4n) is 3.46. The normalized spacial score (nSPS) is 21.0. The molecule has 27 heavy (non-hydrogen) atoms. The van der Waals surface area contributed by atoms with Gasteiger partial charge in [-0.05, 0) is 44.2 Å². The van der Waals surface area contributed by atoms with Gasteiger partial charge in [0.2, 0.25) is 5.95 Å². The number of anilines is 1. The van der Waals surface area contributed by atoms with Gasteiger partial charge in [-0.1, -0.05) is 19.4 Å². The van der Waals surface area contributed by atoms with Crippen LogP contribution in [0.15, 0.2) is 24.4 Å². The summed E-state index contributed by atoms with van der Waals surface area (Å²) in [5.74, 6) is 0.333. The molecule has 1 saturated carbocycles. The van der Waals surface area contributed by atoms with Gasteiger partial charge in [0, 0.05) is 23.2 Å². The van der Waals surface area contributed by atoms with E-state index in [1.807, 2.05) is 13.0 Å². The third kappa shape index (κ3) is 5.14. The molecule has 4 N–H and O–H groups in total. The molecular formula is C20H28N4O3. The molecule has 1 aromatic carbocycles. The lowest BCUT2D eigenvalue weighted by atomic mass is 9.93. The standard InChI is InChI=1S/C20H28N4O3/c1-2-3-16(12-25)22-19(27)13-4-5-14-11-21-20(24-18(14)10-13)23-15-6-8-17(26)9-7-15/h4-5,10-11,15-17,25-26H,2-3,6-9,12H2,1H3,(H,22,27)(H,21,23,24)/t15-,16?,17-. The summed E-state index contributed by atoms with van der Waals surface area (Å²) in [5.41, 5.74) is 1.22. The molecule has 0 radical (unpaired) electrons. The number of benzene rings is 1. The van der Waals surface area contributed by atoms with Gasteiger partial charge in [0.25, 0.3) is 5.91 Å². The van der Waals surface area contributed by atoms with Crippen molar-refractivity contribution in [3.63, 3.8) is 0 Å². The molecule has 1 aromatic heterocycles. The molecule has 7 nitrogen and oxygen atoms in total. The van der Waals surface area contributed by atoms with E-state index in [-0.39, 0.29) is 30.7 Å². The minimum atomic E-state index is -0.234. The molecule has 0 spiro atoms. The van der Waals surface area contributed by atoms with Crippen LogP contribution in [0, 0.1) is 0 Å². The van der Waals surface area contributed by atoms with Crippen LogP contribution in [0.4, 0.5) is 5.95 Å². The van der Waals surface area contributed by atoms with Gasteiger partial charge in [0.1, 0.15) is 0 Å². The average Bonchev–Trinajstić information content (AvgIpc) is 2.68. The first-order valence-corrected chi connectivity index (χ1v) is 9.72. The van der Waals surface area contributed by atoms with Gasteiger partial charge in [0.15, 0.2) is 0 Å². The van der Waals surface area contributed by atoms with Crippen molar-refractivity contribution in [2.75, 3.05) is 11.9 Å². The molecule has 1 amide bonds. The lowest BCUT2D eigenvalue weighted by Gasteiger charge is -2.26. The smallest absolute Gasteiger partial charge is 0.251 e. The van der Waals surface area contributed by atoms with Gasteiger partial charge in [-0.15, -0.1) is 0 Å². The fourth-order valence-corrected chi connectivity index (χ4v) is 3.46. The maximum Gasteiger partial charge on any atom is 0.251 e. The summed E-state index contributed by atoms with van der Waals surface area (Å²) in [6.07, 6.45) is 6.55. The van der Waals surface area contributed by atoms with Crippen molar-refractivity contribution >= 4 is 22.8 Å². The Bertz CT molecular complexity index is 775. The number of fused-ring (bicyclic) bond motifs is 1. The summed E-state index contributed by atoms with van der Waals surface area (Å²) in [4.78, 5) is 21.4. The number of nitrogens with one attached hydrogen (secondary N) is 2. The zero-order valence-corrected chi connectivity index (χ0v) is 15.7. The summed E-state index contributed by atoms with van der Waals surface area (Å²) in [6.45, 7) is 1.95. The van der Waals surface area contributed by atoms with Crippen LogP contribution in [-0.2, 0) is 0 Å². The molecule has 0 aliphatic heterocycles. The second-order valence-electron chi connectivity index (χ2n) is 7.26. The van der Waals surface area contributed by atoms with Crippen molar-refractivity contribution < 1.29 is 15.0 Å². The van der Waals surface area contributed by atoms with Crippen LogP contribution in [0.25, 0.3) is 10.9 Å². The van der Waals surface area contributed by atoms with Crippen LogP contribution < -0.4 is 10.6 Å². The minimum Gasteiger partial charge on any atom is -0.394 e. The lowest BCUT2D eigenvalue weighted by molar-refractivity contribution is 0.0913. The van der Waals surface area contributed by atoms with Gasteiger partial charge in [0.05, 0.1) is 24.3 Å². The molecule has 3 rings (SSSR count). The van der Waals surface area contributed by atoms with Gasteiger partial charge >= 0.3 is 0 Å². The van der Waals surface area contributed by atoms with Crippen molar-refractivity contribution in [1.29, 1.82) is 0 Å². The van der Waals surface area contributed by atoms with Crippen molar-refractivity contribution in [1.82, 2.24) is 15.3 Å². The summed E-state index contributed by atoms with van der Waals surface area (Å²) in [7, 11) is 0. The third-order valence-electron chi connectivity index (χ3n) is 5.07. The van der Waals surface area contributed by atoms with Crippen LogP contribution in [0.1, 0.15) is 55.8 Å². The Morgan fingerprint density at radius 1 is 1.30 bits per heavy atom. The van der Waals surface area contributed by atoms with Crippen LogP contribution in [0.3, 0.4) is 0 Å². The third-order valence-corrected chi connectivity index (χ3v) is 5.07. The van der Waals surface area contributed by atoms with E-state index < -0.39 is 0 Å². The number of aliphatic hydroxyl groups excluding tert-OH is 2. The summed E-state index contributed by atoms with van der Waals surface area (Å²) < 4.78 is 0. The highest BCUT2D eigenvalue weighted by atomic mass is 16.3. The van der Waals surface area contributed by atoms with E-state index in [9.17, 15) is 15.0 Å². The number of hydrogen-bond donors (Lipinski definition) is 4. The highest BCUT2D eigenvalue weighted by Gasteiger charge is 2.20. The van der Waals surface area contributed by atoms with E-state index >= 15 is 0 Å². The van der Waals surface area contributed by atoms with Gasteiger partial charge in [-0.3, -0.25) is 4.79 Å². The first kappa shape index (κ1) is 19.5. The van der Waals surface area contributed by atoms with Gasteiger partial charge in [-0.25, -0.2) is 9.97 Å². The van der Waals surface area contributed by atoms with Crippen LogP contribution in [0.2, 0.25) is 0 Å². The number of amides is 1. The number of aliphatic hydroxyl groups is 2. The van der Waals surface area contributed by atoms with E-state index in [1.54, 1.807) is 18.3 Å². The SMILES string of the molecule is CCCC(CO)NC(=O)c1ccc2cnc(N[C@H]3CC[C@H](O)CC3)nc2c1. The molecule has 1 heterocycles. The van der Waals surface area contributed by atoms with Crippen LogP contribution in [0.5, 0.6) is 0 Å². The lowest BCUT2D eigenvalue weighted by Crippen LogP contribution is -2.37. The Labute approximate surface area is 159 Å². The number of hydrogen-bond acceptors (Lipinski definition) is 6. The Morgan fingerprint density at radius 2 is 2.07 bits per heavy atom. The highest BCUT2D eigenvalue weighted by molar-refractivity contribution is 5.97. The molecule has 0 bridgehead atoms. The molecule has 1 aliphatic carbocycles. The van der Waals surface area contributed by atoms with E-state index in [4.69, 9.17) is 0 Å². The average molecular weight is 372 g/mol. The topological polar surface area (TPSA) is 107 Å². The number of carbonyl (C=O) groups excluding carboxylic acids is 1. The number of aromatic nitrogens is 2. The van der Waals surface area contributed by atoms with E-state index in [2.05, 4.69) is 20.6 Å². The molecule has 7 heteroatoms. The molecular weight excluding hydrogens is 344 g/mol. The van der Waals surface area contributed by atoms with Crippen molar-refractivity contribution in [3.8, 4) is 0 Å². The predicted molar refractivity (Wildman–Crippen MR) is 105 cm³/mol. The van der Waals surface area contributed by atoms with Crippen LogP contribution in [-0.4, -0.2) is 50.9 Å². The van der Waals surface area contributed by atoms with E-state index in [0.717, 1.165) is 43.9 Å². The molecule has 1 aliphatic rings. The second kappa shape index (κ2) is 9.10. The molecule has 1 fully saturated rings. The van der Waals surface area contributed by atoms with Gasteiger partial charge < -0.3 is 20.8 Å². The first-order chi connectivity index (χ1) is 13.1. The maximum absolute atomic E-state index is 12.5. The van der Waals surface area contributed by atoms with E-state index in [0.29, 0.717) is 17.0 Å². The number of carbonyl (C=O) groups is 1. The Morgan fingerprint density at radius 3 is 2.78 bits per heavy atom. The first-order valence-electron chi connectivity index (χ1n) is 9.72. The van der Waals surface area contributed by atoms with Gasteiger partial charge in [-0.2, -0.15) is 0 Å². The predicted octanol–water partition coefficient (Wildman–Crippen LogP) is 2.24. The molecule has 1 unspecified atom stereocenters. The summed E-state index contributed by atoms with van der Waals surface area (Å²) in [6, 6.07) is 5.36. The highest BCUT2D eigenvalue weighted by Crippen LogP contribution is 2.22. The largest absolute Gasteiger partial charge is 0.394 e. The second-order valence-corrected chi connectivity index (χ2v) is 7.26. The monoisotopic (exact) mass is 372 g/mol. The Hall–Kier alpha value is -2.25. The molecule has 1 atom stereocenters. The van der Waals surface area contributed by atoms with Crippen LogP contribution >= 0.6 is 0 Å². The summed E-state index contributed by atoms with van der Waals surface area (Å²) in [5, 5.41) is 26.1. The summed E-state index contributed by atoms with van der Waals surface area (Å²) >= 11 is 0. The fraction of sp³-hybridized carbons (Fsp3) is 0.550. The Kier molecular flexibility index (Phi) is 6.58. The molecule has 146 valence electrons. The van der Waals surface area contributed by atoms with Crippen molar-refractivity contribution in [2.24, 2.45) is 0 Å². The zero-order chi connectivity index (χ0) is 19.2.